The summed E-state index contributed by atoms with van der Waals surface area (Å²) in [7, 11) is 0. The molecule has 0 saturated carbocycles. The number of hydrogen-bond acceptors (Lipinski definition) is 4. The molecule has 0 bridgehead atoms. The van der Waals surface area contributed by atoms with Crippen LogP contribution in [0.15, 0.2) is 18.0 Å². The topological polar surface area (TPSA) is 85.8 Å². The van der Waals surface area contributed by atoms with Crippen LogP contribution in [0.5, 0.6) is 0 Å². The Morgan fingerprint density at radius 2 is 2.50 bits per heavy atom. The SMILES string of the molecule is C/C=C(\CC)C(=O)Nn1cnnc1N. The van der Waals surface area contributed by atoms with Gasteiger partial charge < -0.3 is 5.73 Å². The lowest BCUT2D eigenvalue weighted by Gasteiger charge is -2.07. The predicted octanol–water partition coefficient (Wildman–Crippen LogP) is 0.287. The molecule has 6 heteroatoms. The van der Waals surface area contributed by atoms with E-state index >= 15 is 0 Å². The lowest BCUT2D eigenvalue weighted by molar-refractivity contribution is -0.113. The quantitative estimate of drug-likeness (QED) is 0.678. The number of hydrogen-bond donors (Lipinski definition) is 2. The molecule has 1 heterocycles. The van der Waals surface area contributed by atoms with E-state index in [2.05, 4.69) is 15.6 Å². The van der Waals surface area contributed by atoms with E-state index in [1.165, 1.54) is 11.0 Å². The number of nitrogens with one attached hydrogen (secondary N) is 1. The largest absolute Gasteiger partial charge is 0.366 e. The van der Waals surface area contributed by atoms with Crippen LogP contribution in [0.1, 0.15) is 20.3 Å². The zero-order valence-electron chi connectivity index (χ0n) is 8.19. The summed E-state index contributed by atoms with van der Waals surface area (Å²) >= 11 is 0. The van der Waals surface area contributed by atoms with Gasteiger partial charge in [-0.2, -0.15) is 0 Å². The summed E-state index contributed by atoms with van der Waals surface area (Å²) in [5.41, 5.74) is 8.67. The van der Waals surface area contributed by atoms with Crippen LogP contribution in [0.3, 0.4) is 0 Å². The van der Waals surface area contributed by atoms with Crippen LogP contribution >= 0.6 is 0 Å². The molecule has 0 saturated heterocycles. The average molecular weight is 195 g/mol. The second kappa shape index (κ2) is 4.40. The lowest BCUT2D eigenvalue weighted by atomic mass is 10.2. The summed E-state index contributed by atoms with van der Waals surface area (Å²) in [5, 5.41) is 7.08. The van der Waals surface area contributed by atoms with E-state index in [0.29, 0.717) is 12.0 Å². The van der Waals surface area contributed by atoms with E-state index in [1.54, 1.807) is 6.08 Å². The molecule has 0 aliphatic rings. The van der Waals surface area contributed by atoms with Crippen LogP contribution in [0, 0.1) is 0 Å². The number of amides is 1. The maximum Gasteiger partial charge on any atom is 0.265 e. The van der Waals surface area contributed by atoms with Gasteiger partial charge in [0.15, 0.2) is 0 Å². The number of allylic oxidation sites excluding steroid dienone is 1. The van der Waals surface area contributed by atoms with Crippen LogP contribution < -0.4 is 11.2 Å². The van der Waals surface area contributed by atoms with Gasteiger partial charge in [0.05, 0.1) is 0 Å². The highest BCUT2D eigenvalue weighted by Gasteiger charge is 2.07. The van der Waals surface area contributed by atoms with Crippen molar-refractivity contribution in [3.63, 3.8) is 0 Å². The van der Waals surface area contributed by atoms with Crippen molar-refractivity contribution < 1.29 is 4.79 Å². The summed E-state index contributed by atoms with van der Waals surface area (Å²) in [4.78, 5) is 11.5. The molecule has 14 heavy (non-hydrogen) atoms. The summed E-state index contributed by atoms with van der Waals surface area (Å²) in [6.45, 7) is 3.72. The minimum Gasteiger partial charge on any atom is -0.366 e. The first-order chi connectivity index (χ1) is 6.69. The van der Waals surface area contributed by atoms with Crippen LogP contribution in [-0.4, -0.2) is 20.8 Å². The highest BCUT2D eigenvalue weighted by Crippen LogP contribution is 2.01. The molecule has 0 aromatic carbocycles. The molecule has 0 unspecified atom stereocenters. The molecule has 0 atom stereocenters. The van der Waals surface area contributed by atoms with Crippen molar-refractivity contribution in [2.24, 2.45) is 0 Å². The molecule has 76 valence electrons. The number of nitrogens with zero attached hydrogens (tertiary/aromatic N) is 3. The molecule has 6 nitrogen and oxygen atoms in total. The molecule has 0 fully saturated rings. The van der Waals surface area contributed by atoms with Crippen molar-refractivity contribution >= 4 is 11.9 Å². The van der Waals surface area contributed by atoms with Gasteiger partial charge in [-0.1, -0.05) is 13.0 Å². The van der Waals surface area contributed by atoms with Gasteiger partial charge in [0.2, 0.25) is 5.95 Å². The standard InChI is InChI=1S/C8H13N5O/c1-3-6(4-2)7(14)12-13-5-10-11-8(13)9/h3,5H,4H2,1-2H3,(H2,9,11)(H,12,14)/b6-3+. The van der Waals surface area contributed by atoms with Crippen molar-refractivity contribution in [2.75, 3.05) is 11.2 Å². The normalized spacial score (nSPS) is 11.4. The monoisotopic (exact) mass is 195 g/mol. The van der Waals surface area contributed by atoms with Crippen molar-refractivity contribution in [1.29, 1.82) is 0 Å². The first-order valence-electron chi connectivity index (χ1n) is 4.31. The van der Waals surface area contributed by atoms with Gasteiger partial charge in [-0.25, -0.2) is 4.68 Å². The Balaban J connectivity index is 2.71. The third kappa shape index (κ3) is 2.09. The summed E-state index contributed by atoms with van der Waals surface area (Å²) in [6.07, 6.45) is 3.77. The predicted molar refractivity (Wildman–Crippen MR) is 52.9 cm³/mol. The Bertz CT molecular complexity index is 354. The van der Waals surface area contributed by atoms with Gasteiger partial charge in [-0.05, 0) is 13.3 Å². The average Bonchev–Trinajstić information content (AvgIpc) is 2.54. The van der Waals surface area contributed by atoms with Gasteiger partial charge in [0, 0.05) is 5.57 Å². The molecule has 1 aromatic heterocycles. The summed E-state index contributed by atoms with van der Waals surface area (Å²) < 4.78 is 1.28. The first kappa shape index (κ1) is 10.2. The van der Waals surface area contributed by atoms with Gasteiger partial charge >= 0.3 is 0 Å². The second-order valence-electron chi connectivity index (χ2n) is 2.67. The first-order valence-corrected chi connectivity index (χ1v) is 4.31. The van der Waals surface area contributed by atoms with Crippen molar-refractivity contribution in [1.82, 2.24) is 14.9 Å². The molecule has 0 radical (unpaired) electrons. The summed E-state index contributed by atoms with van der Waals surface area (Å²) in [5.74, 6) is -0.0357. The highest BCUT2D eigenvalue weighted by molar-refractivity contribution is 5.99. The zero-order valence-corrected chi connectivity index (χ0v) is 8.19. The maximum atomic E-state index is 11.5. The van der Waals surface area contributed by atoms with E-state index in [0.717, 1.165) is 0 Å². The fraction of sp³-hybridized carbons (Fsp3) is 0.375. The van der Waals surface area contributed by atoms with Crippen molar-refractivity contribution in [3.8, 4) is 0 Å². The number of carbonyl (C=O) groups excluding carboxylic acids is 1. The van der Waals surface area contributed by atoms with E-state index in [-0.39, 0.29) is 11.9 Å². The molecular formula is C8H13N5O. The second-order valence-corrected chi connectivity index (χ2v) is 2.67. The maximum absolute atomic E-state index is 11.5. The molecule has 3 N–H and O–H groups in total. The minimum atomic E-state index is -0.193. The molecule has 0 aliphatic heterocycles. The Morgan fingerprint density at radius 1 is 1.79 bits per heavy atom. The molecule has 1 rings (SSSR count). The molecular weight excluding hydrogens is 182 g/mol. The number of nitrogens with two attached hydrogens (primary N) is 1. The number of anilines is 1. The third-order valence-corrected chi connectivity index (χ3v) is 1.82. The van der Waals surface area contributed by atoms with Crippen LogP contribution in [0.4, 0.5) is 5.95 Å². The van der Waals surface area contributed by atoms with Crippen LogP contribution in [-0.2, 0) is 4.79 Å². The van der Waals surface area contributed by atoms with E-state index < -0.39 is 0 Å². The Labute approximate surface area is 81.8 Å². The third-order valence-electron chi connectivity index (χ3n) is 1.82. The fourth-order valence-electron chi connectivity index (χ4n) is 1.01. The Hall–Kier alpha value is -1.85. The number of aromatic nitrogens is 3. The summed E-state index contributed by atoms with van der Waals surface area (Å²) in [6, 6.07) is 0. The van der Waals surface area contributed by atoms with Crippen LogP contribution in [0.25, 0.3) is 0 Å². The highest BCUT2D eigenvalue weighted by atomic mass is 16.2. The molecule has 0 aliphatic carbocycles. The van der Waals surface area contributed by atoms with Gasteiger partial charge in [0.1, 0.15) is 6.33 Å². The van der Waals surface area contributed by atoms with E-state index in [1.807, 2.05) is 13.8 Å². The minimum absolute atomic E-state index is 0.157. The lowest BCUT2D eigenvalue weighted by Crippen LogP contribution is -2.24. The molecule has 1 amide bonds. The van der Waals surface area contributed by atoms with Gasteiger partial charge in [-0.15, -0.1) is 10.2 Å². The van der Waals surface area contributed by atoms with Gasteiger partial charge in [-0.3, -0.25) is 10.2 Å². The zero-order chi connectivity index (χ0) is 10.6. The Morgan fingerprint density at radius 3 is 2.93 bits per heavy atom. The molecule has 0 spiro atoms. The Kier molecular flexibility index (Phi) is 3.22. The number of rotatable bonds is 3. The fourth-order valence-corrected chi connectivity index (χ4v) is 1.01. The van der Waals surface area contributed by atoms with Crippen molar-refractivity contribution in [3.05, 3.63) is 18.0 Å². The smallest absolute Gasteiger partial charge is 0.265 e. The van der Waals surface area contributed by atoms with Crippen molar-refractivity contribution in [2.45, 2.75) is 20.3 Å². The van der Waals surface area contributed by atoms with E-state index in [9.17, 15) is 4.79 Å². The molecule has 1 aromatic rings. The van der Waals surface area contributed by atoms with Crippen LogP contribution in [0.2, 0.25) is 0 Å². The number of carbonyl (C=O) groups is 1. The van der Waals surface area contributed by atoms with E-state index in [4.69, 9.17) is 5.73 Å². The number of nitrogen functional groups attached to an aromatic ring is 1. The van der Waals surface area contributed by atoms with Gasteiger partial charge in [0.25, 0.3) is 5.91 Å².